The molecule has 0 aliphatic rings. The second kappa shape index (κ2) is 65.3. The number of nitrogens with zero attached hydrogens (tertiary/aromatic N) is 5. The quantitative estimate of drug-likeness (QED) is 0.00501. The Hall–Kier alpha value is -3.03. The first-order valence-corrected chi connectivity index (χ1v) is 46.3. The molecule has 1 aromatic carbocycles. The van der Waals surface area contributed by atoms with Gasteiger partial charge in [0.25, 0.3) is 15.6 Å². The van der Waals surface area contributed by atoms with Crippen LogP contribution in [0.2, 0.25) is 0 Å². The molecule has 1 rings (SSSR count). The van der Waals surface area contributed by atoms with Gasteiger partial charge in [-0.3, -0.25) is 28.3 Å². The standard InChI is InChI=1S/C79H143F4N5O16P2S2/c1-9-11-13-15-17-19-21-23-25-29-35-41-47-53-69(89)97-63-67(65-101-105(93,94)99-59-57-87(3,4)5)103-71(91)55-49-43-37-31-27-33-39-45-51-61-107-79(73-74(80)76(82)78(85-86-84)77(83)75(73)81)108-62-52-46-40-34-28-32-38-44-50-56-72(92)104-68(66-102-106(95,96)100-60-58-88(6,7)8)64-98-70(90)54-48-42-36-30-26-24-22-20-18-16-14-12-10-2/h67-68,79H,9-66H2,1-8H3/t67-,68-/m1/s1. The van der Waals surface area contributed by atoms with Crippen molar-refractivity contribution in [3.63, 3.8) is 0 Å². The van der Waals surface area contributed by atoms with Crippen LogP contribution in [0.15, 0.2) is 5.11 Å². The highest BCUT2D eigenvalue weighted by molar-refractivity contribution is 8.16. The largest absolute Gasteiger partial charge is 0.756 e. The first-order valence-electron chi connectivity index (χ1n) is 41.3. The lowest BCUT2D eigenvalue weighted by atomic mass is 10.0. The van der Waals surface area contributed by atoms with Crippen molar-refractivity contribution >= 4 is 68.7 Å². The van der Waals surface area contributed by atoms with E-state index in [1.165, 1.54) is 139 Å². The van der Waals surface area contributed by atoms with Crippen molar-refractivity contribution in [1.82, 2.24) is 0 Å². The average molecular weight is 1620 g/mol. The number of halogens is 4. The van der Waals surface area contributed by atoms with Crippen molar-refractivity contribution in [3.8, 4) is 0 Å². The maximum atomic E-state index is 15.5. The summed E-state index contributed by atoms with van der Waals surface area (Å²) < 4.78 is 129. The second-order valence-electron chi connectivity index (χ2n) is 30.9. The van der Waals surface area contributed by atoms with Crippen LogP contribution in [0.25, 0.3) is 10.4 Å². The fraction of sp³-hybridized carbons (Fsp3) is 0.873. The predicted octanol–water partition coefficient (Wildman–Crippen LogP) is 21.7. The zero-order valence-corrected chi connectivity index (χ0v) is 71.2. The molecule has 0 saturated heterocycles. The molecule has 630 valence electrons. The number of thioether (sulfide) groups is 2. The summed E-state index contributed by atoms with van der Waals surface area (Å²) in [5.74, 6) is -7.77. The number of phosphoric acid groups is 2. The van der Waals surface area contributed by atoms with E-state index in [9.17, 15) is 38.1 Å². The molecule has 1 aromatic rings. The Kier molecular flexibility index (Phi) is 62.2. The summed E-state index contributed by atoms with van der Waals surface area (Å²) in [6.45, 7) is 3.23. The third-order valence-corrected chi connectivity index (χ3v) is 23.4. The molecule has 4 atom stereocenters. The van der Waals surface area contributed by atoms with Crippen LogP contribution in [0.1, 0.15) is 332 Å². The molecule has 21 nitrogen and oxygen atoms in total. The number of unbranched alkanes of at least 4 members (excludes halogenated alkanes) is 40. The van der Waals surface area contributed by atoms with Gasteiger partial charge in [0.15, 0.2) is 35.5 Å². The Labute approximate surface area is 656 Å². The van der Waals surface area contributed by atoms with Crippen LogP contribution in [0.4, 0.5) is 23.2 Å². The molecule has 29 heteroatoms. The predicted molar refractivity (Wildman–Crippen MR) is 422 cm³/mol. The smallest absolute Gasteiger partial charge is 0.306 e. The van der Waals surface area contributed by atoms with Crippen molar-refractivity contribution in [2.75, 3.05) is 107 Å². The van der Waals surface area contributed by atoms with Crippen molar-refractivity contribution < 1.29 is 102 Å². The number of ether oxygens (including phenoxy) is 4. The number of esters is 4. The van der Waals surface area contributed by atoms with Crippen LogP contribution in [0, 0.1) is 23.3 Å². The van der Waals surface area contributed by atoms with Crippen LogP contribution in [0.5, 0.6) is 0 Å². The molecule has 0 radical (unpaired) electrons. The van der Waals surface area contributed by atoms with Crippen LogP contribution >= 0.6 is 39.2 Å². The van der Waals surface area contributed by atoms with Gasteiger partial charge in [0, 0.05) is 30.6 Å². The number of hydrogen-bond acceptors (Lipinski definition) is 19. The van der Waals surface area contributed by atoms with E-state index >= 15 is 17.6 Å². The van der Waals surface area contributed by atoms with Crippen molar-refractivity contribution in [2.24, 2.45) is 5.11 Å². The first kappa shape index (κ1) is 103. The maximum Gasteiger partial charge on any atom is 0.306 e. The Bertz CT molecular complexity index is 2510. The normalized spacial score (nSPS) is 13.9. The molecule has 0 spiro atoms. The minimum absolute atomic E-state index is 0.0778. The van der Waals surface area contributed by atoms with Gasteiger partial charge in [-0.2, -0.15) is 0 Å². The summed E-state index contributed by atoms with van der Waals surface area (Å²) in [4.78, 5) is 78.8. The van der Waals surface area contributed by atoms with Gasteiger partial charge < -0.3 is 55.8 Å². The number of carbonyl (C=O) groups is 4. The van der Waals surface area contributed by atoms with E-state index in [4.69, 9.17) is 42.6 Å². The van der Waals surface area contributed by atoms with E-state index in [1.807, 2.05) is 42.3 Å². The van der Waals surface area contributed by atoms with Gasteiger partial charge in [-0.1, -0.05) is 263 Å². The van der Waals surface area contributed by atoms with Crippen LogP contribution in [0.3, 0.4) is 0 Å². The lowest BCUT2D eigenvalue weighted by Gasteiger charge is -2.28. The summed E-state index contributed by atoms with van der Waals surface area (Å²) in [7, 11) is 1.85. The van der Waals surface area contributed by atoms with Gasteiger partial charge in [-0.05, 0) is 55.6 Å². The van der Waals surface area contributed by atoms with E-state index in [-0.39, 0.29) is 52.1 Å². The molecule has 0 bridgehead atoms. The van der Waals surface area contributed by atoms with Gasteiger partial charge in [-0.25, -0.2) is 17.6 Å². The maximum absolute atomic E-state index is 15.5. The molecule has 0 aliphatic carbocycles. The minimum atomic E-state index is -4.74. The summed E-state index contributed by atoms with van der Waals surface area (Å²) in [6, 6.07) is 0. The summed E-state index contributed by atoms with van der Waals surface area (Å²) in [6.07, 6.45) is 43.3. The van der Waals surface area contributed by atoms with Gasteiger partial charge in [-0.15, -0.1) is 23.5 Å². The molecular weight excluding hydrogens is 1480 g/mol. The van der Waals surface area contributed by atoms with Crippen molar-refractivity contribution in [2.45, 2.75) is 339 Å². The van der Waals surface area contributed by atoms with Gasteiger partial charge in [0.05, 0.1) is 65.6 Å². The van der Waals surface area contributed by atoms with E-state index in [1.54, 1.807) is 0 Å². The number of phosphoric ester groups is 2. The second-order valence-corrected chi connectivity index (χ2v) is 36.4. The molecule has 2 unspecified atom stereocenters. The fourth-order valence-corrected chi connectivity index (χ4v) is 16.2. The first-order chi connectivity index (χ1) is 51.6. The number of likely N-dealkylation sites (N-methyl/N-ethyl adjacent to an activating group) is 2. The molecule has 0 fully saturated rings. The van der Waals surface area contributed by atoms with Crippen LogP contribution < -0.4 is 9.79 Å². The summed E-state index contributed by atoms with van der Waals surface area (Å²) in [5, 5.41) is 2.86. The average Bonchev–Trinajstić information content (AvgIpc) is 0.780. The molecular formula is C79H143F4N5O16P2S2. The number of quaternary nitrogens is 2. The van der Waals surface area contributed by atoms with Gasteiger partial charge >= 0.3 is 23.9 Å². The zero-order valence-electron chi connectivity index (χ0n) is 67.7. The topological polar surface area (TPSA) is 271 Å². The van der Waals surface area contributed by atoms with E-state index in [0.717, 1.165) is 128 Å². The van der Waals surface area contributed by atoms with Gasteiger partial charge in [0.2, 0.25) is 0 Å². The van der Waals surface area contributed by atoms with Crippen molar-refractivity contribution in [3.05, 3.63) is 39.3 Å². The zero-order chi connectivity index (χ0) is 80.0. The SMILES string of the molecule is CCCCCCCCCCCCCCCC(=O)OC[C@H](COP(=O)([O-])OCC[N+](C)(C)C)OC(=O)CCCCCCCCCCCSC(SCCCCCCCCCCCC(=O)O[C@H](COC(=O)CCCCCCCCCCCCCCC)COP(=O)([O-])OCC[N+](C)(C)C)c1c(F)c(F)c(N=[N+]=[N-])c(F)c1F. The van der Waals surface area contributed by atoms with E-state index in [2.05, 4.69) is 23.9 Å². The number of benzene rings is 1. The third-order valence-electron chi connectivity index (χ3n) is 18.5. The number of hydrogen-bond donors (Lipinski definition) is 0. The Balaban J connectivity index is 2.57. The Morgan fingerprint density at radius 2 is 0.657 bits per heavy atom. The highest BCUT2D eigenvalue weighted by Gasteiger charge is 2.31. The minimum Gasteiger partial charge on any atom is -0.756 e. The molecule has 0 N–H and O–H groups in total. The number of azide groups is 1. The fourth-order valence-electron chi connectivity index (χ4n) is 11.9. The Morgan fingerprint density at radius 3 is 0.926 bits per heavy atom. The number of carbonyl (C=O) groups excluding carboxylic acids is 4. The van der Waals surface area contributed by atoms with Crippen molar-refractivity contribution in [1.29, 1.82) is 0 Å². The number of rotatable bonds is 76. The molecule has 0 heterocycles. The lowest BCUT2D eigenvalue weighted by molar-refractivity contribution is -0.870. The van der Waals surface area contributed by atoms with E-state index in [0.29, 0.717) is 72.1 Å². The third kappa shape index (κ3) is 59.7. The molecule has 0 aliphatic heterocycles. The summed E-state index contributed by atoms with van der Waals surface area (Å²) >= 11 is 2.42. The lowest BCUT2D eigenvalue weighted by Crippen LogP contribution is -2.37. The Morgan fingerprint density at radius 1 is 0.398 bits per heavy atom. The monoisotopic (exact) mass is 1620 g/mol. The summed E-state index contributed by atoms with van der Waals surface area (Å²) in [5.41, 5.74) is 6.73. The molecule has 108 heavy (non-hydrogen) atoms. The highest BCUT2D eigenvalue weighted by atomic mass is 32.2. The molecule has 0 saturated carbocycles. The van der Waals surface area contributed by atoms with E-state index < -0.39 is 104 Å². The molecule has 0 aromatic heterocycles. The van der Waals surface area contributed by atoms with Crippen LogP contribution in [-0.4, -0.2) is 152 Å². The van der Waals surface area contributed by atoms with Gasteiger partial charge in [0.1, 0.15) is 45.2 Å². The molecule has 0 amide bonds. The van der Waals surface area contributed by atoms with Crippen LogP contribution in [-0.2, 0) is 65.4 Å². The highest BCUT2D eigenvalue weighted by Crippen LogP contribution is 2.46.